The van der Waals surface area contributed by atoms with Gasteiger partial charge in [0.25, 0.3) is 0 Å². The van der Waals surface area contributed by atoms with Gasteiger partial charge in [-0.2, -0.15) is 0 Å². The molecule has 0 saturated heterocycles. The van der Waals surface area contributed by atoms with Crippen molar-refractivity contribution in [3.63, 3.8) is 0 Å². The van der Waals surface area contributed by atoms with E-state index in [1.165, 1.54) is 11.8 Å². The predicted molar refractivity (Wildman–Crippen MR) is 97.4 cm³/mol. The Labute approximate surface area is 160 Å². The summed E-state index contributed by atoms with van der Waals surface area (Å²) in [6.45, 7) is 1.24. The van der Waals surface area contributed by atoms with Crippen molar-refractivity contribution in [1.82, 2.24) is 5.32 Å². The first-order chi connectivity index (χ1) is 12.3. The third-order valence-electron chi connectivity index (χ3n) is 3.24. The molecule has 26 heavy (non-hydrogen) atoms. The van der Waals surface area contributed by atoms with Gasteiger partial charge in [-0.3, -0.25) is 9.59 Å². The molecule has 0 aliphatic rings. The highest BCUT2D eigenvalue weighted by Crippen LogP contribution is 2.30. The van der Waals surface area contributed by atoms with Gasteiger partial charge >= 0.3 is 0 Å². The fourth-order valence-corrected chi connectivity index (χ4v) is 3.39. The van der Waals surface area contributed by atoms with Gasteiger partial charge in [0.15, 0.2) is 17.5 Å². The van der Waals surface area contributed by atoms with E-state index in [4.69, 9.17) is 0 Å². The molecule has 0 aromatic heterocycles. The lowest BCUT2D eigenvalue weighted by Gasteiger charge is -2.13. The zero-order chi connectivity index (χ0) is 19.3. The molecule has 0 radical (unpaired) electrons. The number of benzene rings is 2. The van der Waals surface area contributed by atoms with Gasteiger partial charge in [-0.25, -0.2) is 13.2 Å². The number of hydrogen-bond acceptors (Lipinski definition) is 3. The zero-order valence-electron chi connectivity index (χ0n) is 13.5. The highest BCUT2D eigenvalue weighted by molar-refractivity contribution is 9.10. The zero-order valence-corrected chi connectivity index (χ0v) is 15.9. The van der Waals surface area contributed by atoms with Crippen LogP contribution in [-0.2, 0) is 9.59 Å². The second-order valence-corrected chi connectivity index (χ2v) is 7.42. The van der Waals surface area contributed by atoms with E-state index in [0.29, 0.717) is 6.07 Å². The van der Waals surface area contributed by atoms with Crippen molar-refractivity contribution in [1.29, 1.82) is 0 Å². The second kappa shape index (κ2) is 9.09. The van der Waals surface area contributed by atoms with Crippen molar-refractivity contribution in [2.75, 3.05) is 11.9 Å². The number of carbonyl (C=O) groups excluding carboxylic acids is 2. The first-order valence-corrected chi connectivity index (χ1v) is 9.09. The molecule has 2 aromatic rings. The smallest absolute Gasteiger partial charge is 0.243 e. The van der Waals surface area contributed by atoms with E-state index >= 15 is 0 Å². The molecule has 4 nitrogen and oxygen atoms in total. The van der Waals surface area contributed by atoms with Gasteiger partial charge in [-0.05, 0) is 47.1 Å². The summed E-state index contributed by atoms with van der Waals surface area (Å²) < 4.78 is 40.3. The van der Waals surface area contributed by atoms with Crippen LogP contribution in [0.1, 0.15) is 6.92 Å². The van der Waals surface area contributed by atoms with E-state index in [0.717, 1.165) is 15.4 Å². The molecule has 0 spiro atoms. The molecule has 1 atom stereocenters. The van der Waals surface area contributed by atoms with Crippen LogP contribution < -0.4 is 10.6 Å². The van der Waals surface area contributed by atoms with Gasteiger partial charge < -0.3 is 10.6 Å². The summed E-state index contributed by atoms with van der Waals surface area (Å²) in [7, 11) is 0. The van der Waals surface area contributed by atoms with Crippen LogP contribution >= 0.6 is 27.7 Å². The fourth-order valence-electron chi connectivity index (χ4n) is 1.91. The number of rotatable bonds is 6. The molecule has 0 aliphatic carbocycles. The predicted octanol–water partition coefficient (Wildman–Crippen LogP) is 4.10. The molecule has 0 heterocycles. The molecule has 2 N–H and O–H groups in total. The normalized spacial score (nSPS) is 11.7. The van der Waals surface area contributed by atoms with Gasteiger partial charge in [0.05, 0.1) is 17.5 Å². The van der Waals surface area contributed by atoms with Crippen LogP contribution in [0, 0.1) is 17.5 Å². The SMILES string of the molecule is CC(Sc1ccccc1Br)C(=O)NCC(=O)Nc1ccc(F)c(F)c1F. The third-order valence-corrected chi connectivity index (χ3v) is 5.37. The number of anilines is 1. The maximum absolute atomic E-state index is 13.5. The lowest BCUT2D eigenvalue weighted by Crippen LogP contribution is -2.37. The monoisotopic (exact) mass is 446 g/mol. The first kappa shape index (κ1) is 20.3. The lowest BCUT2D eigenvalue weighted by molar-refractivity contribution is -0.123. The molecule has 2 aromatic carbocycles. The van der Waals surface area contributed by atoms with Gasteiger partial charge in [0.2, 0.25) is 11.8 Å². The van der Waals surface area contributed by atoms with Crippen molar-refractivity contribution in [2.24, 2.45) is 0 Å². The third kappa shape index (κ3) is 5.25. The molecule has 2 amide bonds. The van der Waals surface area contributed by atoms with Gasteiger partial charge in [0, 0.05) is 9.37 Å². The van der Waals surface area contributed by atoms with E-state index in [1.54, 1.807) is 6.92 Å². The van der Waals surface area contributed by atoms with Crippen LogP contribution in [0.25, 0.3) is 0 Å². The Morgan fingerprint density at radius 3 is 2.50 bits per heavy atom. The summed E-state index contributed by atoms with van der Waals surface area (Å²) in [5.74, 6) is -5.69. The summed E-state index contributed by atoms with van der Waals surface area (Å²) >= 11 is 4.68. The first-order valence-electron chi connectivity index (χ1n) is 7.42. The minimum Gasteiger partial charge on any atom is -0.346 e. The van der Waals surface area contributed by atoms with E-state index in [9.17, 15) is 22.8 Å². The van der Waals surface area contributed by atoms with Crippen LogP contribution in [0.2, 0.25) is 0 Å². The van der Waals surface area contributed by atoms with Crippen molar-refractivity contribution >= 4 is 45.2 Å². The standard InChI is InChI=1S/C17H14BrF3N2O2S/c1-9(26-13-5-3-2-4-10(13)18)17(25)22-8-14(24)23-12-7-6-11(19)15(20)16(12)21/h2-7,9H,8H2,1H3,(H,22,25)(H,23,24). The van der Waals surface area contributed by atoms with Crippen molar-refractivity contribution in [2.45, 2.75) is 17.1 Å². The number of carbonyl (C=O) groups is 2. The average molecular weight is 447 g/mol. The van der Waals surface area contributed by atoms with Crippen LogP contribution in [0.4, 0.5) is 18.9 Å². The highest BCUT2D eigenvalue weighted by Gasteiger charge is 2.18. The Morgan fingerprint density at radius 2 is 1.81 bits per heavy atom. The molecular formula is C17H14BrF3N2O2S. The summed E-state index contributed by atoms with van der Waals surface area (Å²) in [5, 5.41) is 4.01. The summed E-state index contributed by atoms with van der Waals surface area (Å²) in [6, 6.07) is 8.97. The molecule has 2 rings (SSSR count). The van der Waals surface area contributed by atoms with Gasteiger partial charge in [-0.15, -0.1) is 11.8 Å². The Balaban J connectivity index is 1.88. The number of nitrogens with one attached hydrogen (secondary N) is 2. The topological polar surface area (TPSA) is 58.2 Å². The van der Waals surface area contributed by atoms with Crippen LogP contribution in [0.3, 0.4) is 0 Å². The summed E-state index contributed by atoms with van der Waals surface area (Å²) in [6.07, 6.45) is 0. The Kier molecular flexibility index (Phi) is 7.10. The number of halogens is 4. The highest BCUT2D eigenvalue weighted by atomic mass is 79.9. The van der Waals surface area contributed by atoms with E-state index < -0.39 is 46.7 Å². The Bertz CT molecular complexity index is 836. The minimum absolute atomic E-state index is 0.397. The Hall–Kier alpha value is -2.00. The molecule has 0 aliphatic heterocycles. The number of amides is 2. The Morgan fingerprint density at radius 1 is 1.12 bits per heavy atom. The van der Waals surface area contributed by atoms with E-state index in [2.05, 4.69) is 26.6 Å². The molecule has 0 fully saturated rings. The van der Waals surface area contributed by atoms with Crippen LogP contribution in [-0.4, -0.2) is 23.6 Å². The maximum atomic E-state index is 13.5. The van der Waals surface area contributed by atoms with Crippen molar-refractivity contribution in [3.8, 4) is 0 Å². The van der Waals surface area contributed by atoms with Crippen molar-refractivity contribution in [3.05, 3.63) is 58.3 Å². The van der Waals surface area contributed by atoms with Crippen molar-refractivity contribution < 1.29 is 22.8 Å². The molecule has 138 valence electrons. The fraction of sp³-hybridized carbons (Fsp3) is 0.176. The van der Waals surface area contributed by atoms with Gasteiger partial charge in [0.1, 0.15) is 0 Å². The lowest BCUT2D eigenvalue weighted by atomic mass is 10.2. The number of hydrogen-bond donors (Lipinski definition) is 2. The quantitative estimate of drug-likeness (QED) is 0.518. The minimum atomic E-state index is -1.68. The van der Waals surface area contributed by atoms with E-state index in [-0.39, 0.29) is 0 Å². The molecule has 9 heteroatoms. The molecule has 0 bridgehead atoms. The van der Waals surface area contributed by atoms with E-state index in [1.807, 2.05) is 24.3 Å². The summed E-state index contributed by atoms with van der Waals surface area (Å²) in [4.78, 5) is 24.7. The van der Waals surface area contributed by atoms with Crippen LogP contribution in [0.15, 0.2) is 45.8 Å². The molecule has 0 saturated carbocycles. The molecular weight excluding hydrogens is 433 g/mol. The number of thioether (sulfide) groups is 1. The molecule has 1 unspecified atom stereocenters. The second-order valence-electron chi connectivity index (χ2n) is 5.18. The maximum Gasteiger partial charge on any atom is 0.243 e. The van der Waals surface area contributed by atoms with Gasteiger partial charge in [-0.1, -0.05) is 12.1 Å². The largest absolute Gasteiger partial charge is 0.346 e. The summed E-state index contributed by atoms with van der Waals surface area (Å²) in [5.41, 5.74) is -0.501. The average Bonchev–Trinajstić information content (AvgIpc) is 2.62. The van der Waals surface area contributed by atoms with Crippen LogP contribution in [0.5, 0.6) is 0 Å².